The Morgan fingerprint density at radius 1 is 1.24 bits per heavy atom. The monoisotopic (exact) mass is 493 g/mol. The number of rotatable bonds is 6. The maximum absolute atomic E-state index is 12.8. The van der Waals surface area contributed by atoms with Crippen LogP contribution < -0.4 is 16.0 Å². The number of anilines is 1. The summed E-state index contributed by atoms with van der Waals surface area (Å²) in [5, 5.41) is 7.87. The third-order valence-electron chi connectivity index (χ3n) is 4.82. The Hall–Kier alpha value is -3.09. The lowest BCUT2D eigenvalue weighted by Gasteiger charge is -2.21. The summed E-state index contributed by atoms with van der Waals surface area (Å²) in [5.41, 5.74) is 1.17. The molecule has 2 aromatic heterocycles. The lowest BCUT2D eigenvalue weighted by molar-refractivity contribution is -0.136. The van der Waals surface area contributed by atoms with Gasteiger partial charge in [0.1, 0.15) is 11.2 Å². The summed E-state index contributed by atoms with van der Waals surface area (Å²) in [5.74, 6) is -2.86. The standard InChI is InChI=1S/C20H24ClN7O4S/c1-27(2)20(32)13(9-23-16(29)17(30)24-11-4-5-15(21)22-8-11)25-18(31)19-26-12-6-7-28(3)10-14(12)33-19/h4-5,8,13H,6-7,9-10H2,1-3H3,(H,23,29)(H,24,30)(H,25,31). The second kappa shape index (κ2) is 10.7. The van der Waals surface area contributed by atoms with Crippen LogP contribution in [0.5, 0.6) is 0 Å². The lowest BCUT2D eigenvalue weighted by atomic mass is 10.2. The lowest BCUT2D eigenvalue weighted by Crippen LogP contribution is -2.53. The van der Waals surface area contributed by atoms with Crippen molar-refractivity contribution in [2.75, 3.05) is 39.5 Å². The number of carbonyl (C=O) groups excluding carboxylic acids is 4. The summed E-state index contributed by atoms with van der Waals surface area (Å²) in [7, 11) is 5.05. The van der Waals surface area contributed by atoms with E-state index in [9.17, 15) is 19.2 Å². The fraction of sp³-hybridized carbons (Fsp3) is 0.400. The molecule has 0 aromatic carbocycles. The predicted octanol–water partition coefficient (Wildman–Crippen LogP) is 0.121. The van der Waals surface area contributed by atoms with Crippen LogP contribution in [0.1, 0.15) is 20.4 Å². The largest absolute Gasteiger partial charge is 0.347 e. The van der Waals surface area contributed by atoms with Gasteiger partial charge in [0, 0.05) is 45.0 Å². The van der Waals surface area contributed by atoms with E-state index in [1.165, 1.54) is 48.7 Å². The molecule has 3 rings (SSSR count). The Labute approximate surface area is 199 Å². The van der Waals surface area contributed by atoms with Crippen LogP contribution >= 0.6 is 22.9 Å². The zero-order valence-corrected chi connectivity index (χ0v) is 19.9. The fourth-order valence-electron chi connectivity index (χ4n) is 3.06. The van der Waals surface area contributed by atoms with E-state index in [-0.39, 0.29) is 22.4 Å². The first-order valence-electron chi connectivity index (χ1n) is 10.0. The highest BCUT2D eigenvalue weighted by Gasteiger charge is 2.27. The van der Waals surface area contributed by atoms with E-state index in [4.69, 9.17) is 11.6 Å². The van der Waals surface area contributed by atoms with Crippen LogP contribution in [0.2, 0.25) is 5.15 Å². The summed E-state index contributed by atoms with van der Waals surface area (Å²) >= 11 is 6.98. The summed E-state index contributed by atoms with van der Waals surface area (Å²) in [6.45, 7) is 1.30. The second-order valence-corrected chi connectivity index (χ2v) is 9.14. The van der Waals surface area contributed by atoms with Gasteiger partial charge < -0.3 is 25.8 Å². The van der Waals surface area contributed by atoms with Crippen LogP contribution in [0.25, 0.3) is 0 Å². The van der Waals surface area contributed by atoms with E-state index in [0.717, 1.165) is 23.5 Å². The molecule has 1 atom stereocenters. The first-order valence-corrected chi connectivity index (χ1v) is 11.2. The Morgan fingerprint density at radius 3 is 2.67 bits per heavy atom. The third-order valence-corrected chi connectivity index (χ3v) is 6.12. The molecule has 11 nitrogen and oxygen atoms in total. The highest BCUT2D eigenvalue weighted by molar-refractivity contribution is 7.13. The fourth-order valence-corrected chi connectivity index (χ4v) is 4.27. The van der Waals surface area contributed by atoms with Gasteiger partial charge in [0.15, 0.2) is 5.01 Å². The van der Waals surface area contributed by atoms with Gasteiger partial charge in [-0.3, -0.25) is 19.2 Å². The first-order chi connectivity index (χ1) is 15.6. The van der Waals surface area contributed by atoms with Crippen molar-refractivity contribution in [1.29, 1.82) is 0 Å². The molecule has 2 aromatic rings. The molecule has 1 aliphatic heterocycles. The Balaban J connectivity index is 1.62. The van der Waals surface area contributed by atoms with Crippen molar-refractivity contribution in [3.8, 4) is 0 Å². The molecule has 3 N–H and O–H groups in total. The Kier molecular flexibility index (Phi) is 7.95. The molecule has 1 unspecified atom stereocenters. The van der Waals surface area contributed by atoms with Gasteiger partial charge in [0.05, 0.1) is 17.6 Å². The van der Waals surface area contributed by atoms with Gasteiger partial charge in [-0.2, -0.15) is 0 Å². The number of nitrogens with zero attached hydrogens (tertiary/aromatic N) is 4. The molecule has 0 saturated heterocycles. The van der Waals surface area contributed by atoms with Gasteiger partial charge in [0.25, 0.3) is 5.91 Å². The maximum atomic E-state index is 12.8. The average molecular weight is 494 g/mol. The van der Waals surface area contributed by atoms with Gasteiger partial charge in [0.2, 0.25) is 5.91 Å². The van der Waals surface area contributed by atoms with Crippen molar-refractivity contribution in [2.45, 2.75) is 19.0 Å². The number of carbonyl (C=O) groups is 4. The summed E-state index contributed by atoms with van der Waals surface area (Å²) < 4.78 is 0. The highest BCUT2D eigenvalue weighted by Crippen LogP contribution is 2.24. The number of thiazole rings is 1. The Morgan fingerprint density at radius 2 is 2.00 bits per heavy atom. The van der Waals surface area contributed by atoms with Crippen LogP contribution in [0.4, 0.5) is 5.69 Å². The smallest absolute Gasteiger partial charge is 0.313 e. The van der Waals surface area contributed by atoms with Gasteiger partial charge in [-0.25, -0.2) is 9.97 Å². The quantitative estimate of drug-likeness (QED) is 0.384. The van der Waals surface area contributed by atoms with Crippen molar-refractivity contribution in [3.63, 3.8) is 0 Å². The van der Waals surface area contributed by atoms with E-state index < -0.39 is 29.7 Å². The molecule has 0 fully saturated rings. The van der Waals surface area contributed by atoms with Crippen LogP contribution in [0.15, 0.2) is 18.3 Å². The van der Waals surface area contributed by atoms with E-state index in [2.05, 4.69) is 30.8 Å². The van der Waals surface area contributed by atoms with Crippen molar-refractivity contribution in [2.24, 2.45) is 0 Å². The van der Waals surface area contributed by atoms with Crippen molar-refractivity contribution >= 4 is 52.3 Å². The van der Waals surface area contributed by atoms with Crippen molar-refractivity contribution < 1.29 is 19.2 Å². The second-order valence-electron chi connectivity index (χ2n) is 7.67. The summed E-state index contributed by atoms with van der Waals surface area (Å²) in [4.78, 5) is 62.3. The van der Waals surface area contributed by atoms with Crippen LogP contribution in [0, 0.1) is 0 Å². The molecule has 176 valence electrons. The number of amides is 4. The minimum absolute atomic E-state index is 0.242. The molecule has 0 spiro atoms. The van der Waals surface area contributed by atoms with Crippen LogP contribution in [0.3, 0.4) is 0 Å². The highest BCUT2D eigenvalue weighted by atomic mass is 35.5. The number of likely N-dealkylation sites (N-methyl/N-ethyl adjacent to an activating group) is 2. The molecular weight excluding hydrogens is 470 g/mol. The molecule has 1 aliphatic rings. The minimum Gasteiger partial charge on any atom is -0.347 e. The molecule has 3 heterocycles. The number of nitrogens with one attached hydrogen (secondary N) is 3. The van der Waals surface area contributed by atoms with E-state index >= 15 is 0 Å². The molecule has 0 bridgehead atoms. The van der Waals surface area contributed by atoms with Gasteiger partial charge in [-0.05, 0) is 19.2 Å². The minimum atomic E-state index is -1.08. The molecule has 4 amide bonds. The molecule has 13 heteroatoms. The number of aromatic nitrogens is 2. The van der Waals surface area contributed by atoms with Gasteiger partial charge in [-0.15, -0.1) is 11.3 Å². The number of hydrogen-bond acceptors (Lipinski definition) is 8. The topological polar surface area (TPSA) is 137 Å². The van der Waals surface area contributed by atoms with Gasteiger partial charge >= 0.3 is 11.8 Å². The Bertz CT molecular complexity index is 1060. The number of pyridine rings is 1. The maximum Gasteiger partial charge on any atom is 0.313 e. The van der Waals surface area contributed by atoms with Gasteiger partial charge in [-0.1, -0.05) is 11.6 Å². The first kappa shape index (κ1) is 24.6. The molecule has 33 heavy (non-hydrogen) atoms. The van der Waals surface area contributed by atoms with Crippen LogP contribution in [-0.4, -0.2) is 83.7 Å². The number of fused-ring (bicyclic) bond motifs is 1. The number of hydrogen-bond donors (Lipinski definition) is 3. The van der Waals surface area contributed by atoms with E-state index in [1.54, 1.807) is 0 Å². The van der Waals surface area contributed by atoms with E-state index in [0.29, 0.717) is 6.54 Å². The normalized spacial score (nSPS) is 14.1. The van der Waals surface area contributed by atoms with Crippen molar-refractivity contribution in [1.82, 2.24) is 30.4 Å². The zero-order chi connectivity index (χ0) is 24.1. The summed E-state index contributed by atoms with van der Waals surface area (Å²) in [6.07, 6.45) is 2.06. The number of halogens is 1. The SMILES string of the molecule is CN1CCc2nc(C(=O)NC(CNC(=O)C(=O)Nc3ccc(Cl)nc3)C(=O)N(C)C)sc2C1. The third kappa shape index (κ3) is 6.46. The van der Waals surface area contributed by atoms with Crippen LogP contribution in [-0.2, 0) is 27.3 Å². The predicted molar refractivity (Wildman–Crippen MR) is 123 cm³/mol. The molecule has 0 saturated carbocycles. The molecule has 0 radical (unpaired) electrons. The van der Waals surface area contributed by atoms with E-state index in [1.807, 2.05) is 7.05 Å². The molecular formula is C20H24ClN7O4S. The van der Waals surface area contributed by atoms with Crippen molar-refractivity contribution in [3.05, 3.63) is 39.1 Å². The molecule has 0 aliphatic carbocycles. The summed E-state index contributed by atoms with van der Waals surface area (Å²) in [6, 6.07) is 1.88. The average Bonchev–Trinajstić information content (AvgIpc) is 3.20. The zero-order valence-electron chi connectivity index (χ0n) is 18.3.